The van der Waals surface area contributed by atoms with Crippen LogP contribution in [-0.2, 0) is 33.3 Å². The van der Waals surface area contributed by atoms with Gasteiger partial charge >= 0.3 is 11.9 Å². The van der Waals surface area contributed by atoms with Crippen molar-refractivity contribution in [1.82, 2.24) is 0 Å². The number of hydrogen-bond acceptors (Lipinski definition) is 8. The van der Waals surface area contributed by atoms with Crippen LogP contribution < -0.4 is 5.11 Å². The third-order valence-electron chi connectivity index (χ3n) is 15.0. The summed E-state index contributed by atoms with van der Waals surface area (Å²) in [6.45, 7) is 4.41. The molecule has 558 valence electrons. The normalized spacial score (nSPS) is 14.2. The van der Waals surface area contributed by atoms with Crippen molar-refractivity contribution >= 4 is 17.9 Å². The lowest BCUT2D eigenvalue weighted by Crippen LogP contribution is -2.44. The summed E-state index contributed by atoms with van der Waals surface area (Å²) in [5.74, 6) is -2.39. The van der Waals surface area contributed by atoms with Crippen molar-refractivity contribution in [3.63, 3.8) is 0 Å². The highest BCUT2D eigenvalue weighted by Crippen LogP contribution is 2.13. The van der Waals surface area contributed by atoms with E-state index in [0.29, 0.717) is 23.9 Å². The lowest BCUT2D eigenvalue weighted by Gasteiger charge is -2.26. The van der Waals surface area contributed by atoms with Crippen LogP contribution in [0.15, 0.2) is 267 Å². The van der Waals surface area contributed by atoms with E-state index in [1.165, 1.54) is 0 Å². The van der Waals surface area contributed by atoms with Crippen molar-refractivity contribution in [2.75, 3.05) is 47.5 Å². The zero-order chi connectivity index (χ0) is 73.2. The standard InChI is InChI=1S/C92H137NO8/c1-6-8-10-12-14-16-18-20-22-24-26-28-30-32-34-36-38-40-42-44-45-47-49-51-53-55-57-59-61-63-65-67-69-71-73-75-77-79-81-83-90(95)101-88(87-100-92(91(96)97)98-85-84-93(3,4)5)86-99-89(94)82-80-78-76-74-72-70-68-66-64-62-60-58-56-54-52-50-48-46-43-41-39-37-35-33-31-29-27-25-23-21-19-17-15-13-11-9-7-2/h8-11,14-17,20-23,26-29,32-35,38-41,44-46,48-49,51-52,54-55,57-58,60-61,63-64,66-67,69-70,72,88,92H,6-7,12-13,18-19,24-25,30-31,36-37,42-43,47,50,53,56,59,62,65,68,71,73-87H2,1-5H3/b10-8-,11-9-,16-14-,17-15-,22-20-,23-21-,28-26-,29-27-,34-32-,35-33-,40-38-,41-39-,45-44-,48-46-,51-49-,54-52-,57-55-,60-58-,63-61-,66-64-,69-67-,72-70-. The molecule has 0 aromatic heterocycles. The lowest BCUT2D eigenvalue weighted by molar-refractivity contribution is -0.870. The van der Waals surface area contributed by atoms with E-state index in [2.05, 4.69) is 281 Å². The van der Waals surface area contributed by atoms with Crippen molar-refractivity contribution < 1.29 is 42.9 Å². The van der Waals surface area contributed by atoms with Crippen molar-refractivity contribution in [3.05, 3.63) is 267 Å². The van der Waals surface area contributed by atoms with Gasteiger partial charge in [0.2, 0.25) is 0 Å². The van der Waals surface area contributed by atoms with E-state index < -0.39 is 30.3 Å². The van der Waals surface area contributed by atoms with Crippen LogP contribution in [-0.4, -0.2) is 82.3 Å². The molecule has 2 unspecified atom stereocenters. The van der Waals surface area contributed by atoms with Crippen molar-refractivity contribution in [3.8, 4) is 0 Å². The minimum Gasteiger partial charge on any atom is -0.545 e. The second-order valence-corrected chi connectivity index (χ2v) is 25.5. The van der Waals surface area contributed by atoms with Gasteiger partial charge in [0.1, 0.15) is 13.2 Å². The molecule has 0 aliphatic heterocycles. The number of carboxylic acids is 1. The van der Waals surface area contributed by atoms with E-state index >= 15 is 0 Å². The van der Waals surface area contributed by atoms with E-state index in [-0.39, 0.29) is 32.7 Å². The number of carboxylic acid groups (broad SMARTS) is 1. The summed E-state index contributed by atoms with van der Waals surface area (Å²) >= 11 is 0. The third kappa shape index (κ3) is 79.8. The molecule has 0 N–H and O–H groups in total. The van der Waals surface area contributed by atoms with Crippen LogP contribution in [0.3, 0.4) is 0 Å². The Morgan fingerprint density at radius 2 is 0.535 bits per heavy atom. The molecule has 0 radical (unpaired) electrons. The summed E-state index contributed by atoms with van der Waals surface area (Å²) in [6, 6.07) is 0. The Morgan fingerprint density at radius 1 is 0.297 bits per heavy atom. The van der Waals surface area contributed by atoms with Gasteiger partial charge in [-0.15, -0.1) is 0 Å². The molecular formula is C92H137NO8. The zero-order valence-corrected chi connectivity index (χ0v) is 63.6. The lowest BCUT2D eigenvalue weighted by atomic mass is 10.1. The predicted molar refractivity (Wildman–Crippen MR) is 434 cm³/mol. The summed E-state index contributed by atoms with van der Waals surface area (Å²) in [4.78, 5) is 37.6. The summed E-state index contributed by atoms with van der Waals surface area (Å²) < 4.78 is 22.7. The molecule has 0 spiro atoms. The molecule has 0 rings (SSSR count). The maximum absolute atomic E-state index is 13.0. The van der Waals surface area contributed by atoms with Gasteiger partial charge in [0, 0.05) is 12.8 Å². The van der Waals surface area contributed by atoms with E-state index in [1.54, 1.807) is 0 Å². The number of carbonyl (C=O) groups excluding carboxylic acids is 3. The molecule has 0 amide bonds. The monoisotopic (exact) mass is 1380 g/mol. The Bertz CT molecular complexity index is 2670. The van der Waals surface area contributed by atoms with Gasteiger partial charge in [-0.3, -0.25) is 9.59 Å². The number of hydrogen-bond donors (Lipinski definition) is 0. The number of ether oxygens (including phenoxy) is 4. The fourth-order valence-corrected chi connectivity index (χ4v) is 9.19. The van der Waals surface area contributed by atoms with Crippen LogP contribution in [0.2, 0.25) is 0 Å². The van der Waals surface area contributed by atoms with Crippen LogP contribution in [0.5, 0.6) is 0 Å². The summed E-state index contributed by atoms with van der Waals surface area (Å²) in [7, 11) is 5.89. The maximum Gasteiger partial charge on any atom is 0.306 e. The van der Waals surface area contributed by atoms with Gasteiger partial charge < -0.3 is 33.3 Å². The summed E-state index contributed by atoms with van der Waals surface area (Å²) in [6.07, 6.45) is 126. The quantitative estimate of drug-likeness (QED) is 0.0195. The molecule has 0 aromatic carbocycles. The molecule has 101 heavy (non-hydrogen) atoms. The summed E-state index contributed by atoms with van der Waals surface area (Å²) in [5.41, 5.74) is 0. The van der Waals surface area contributed by atoms with Crippen LogP contribution >= 0.6 is 0 Å². The van der Waals surface area contributed by atoms with Gasteiger partial charge in [-0.1, -0.05) is 307 Å². The highest BCUT2D eigenvalue weighted by molar-refractivity contribution is 5.70. The van der Waals surface area contributed by atoms with Gasteiger partial charge in [0.05, 0.1) is 40.3 Å². The Morgan fingerprint density at radius 3 is 0.802 bits per heavy atom. The van der Waals surface area contributed by atoms with E-state index in [1.807, 2.05) is 21.1 Å². The van der Waals surface area contributed by atoms with Crippen molar-refractivity contribution in [2.24, 2.45) is 0 Å². The zero-order valence-electron chi connectivity index (χ0n) is 63.6. The Balaban J connectivity index is 4.31. The van der Waals surface area contributed by atoms with Crippen LogP contribution in [0.4, 0.5) is 0 Å². The van der Waals surface area contributed by atoms with Crippen molar-refractivity contribution in [2.45, 2.75) is 245 Å². The molecule has 0 aromatic rings. The second-order valence-electron chi connectivity index (χ2n) is 25.5. The van der Waals surface area contributed by atoms with Gasteiger partial charge in [-0.2, -0.15) is 0 Å². The van der Waals surface area contributed by atoms with Crippen LogP contribution in [0.1, 0.15) is 232 Å². The minimum absolute atomic E-state index is 0.122. The van der Waals surface area contributed by atoms with Gasteiger partial charge in [0.15, 0.2) is 12.4 Å². The van der Waals surface area contributed by atoms with Gasteiger partial charge in [0.25, 0.3) is 0 Å². The molecule has 0 heterocycles. The highest BCUT2D eigenvalue weighted by atomic mass is 16.7. The first-order valence-corrected chi connectivity index (χ1v) is 38.5. The molecule has 0 saturated carbocycles. The van der Waals surface area contributed by atoms with Crippen molar-refractivity contribution in [1.29, 1.82) is 0 Å². The molecule has 0 fully saturated rings. The maximum atomic E-state index is 13.0. The Labute approximate surface area is 616 Å². The topological polar surface area (TPSA) is 111 Å². The van der Waals surface area contributed by atoms with E-state index in [9.17, 15) is 19.5 Å². The molecule has 0 bridgehead atoms. The Hall–Kier alpha value is -7.43. The Kier molecular flexibility index (Phi) is 72.5. The van der Waals surface area contributed by atoms with E-state index in [4.69, 9.17) is 18.9 Å². The number of carbonyl (C=O) groups is 3. The first kappa shape index (κ1) is 93.6. The molecular weight excluding hydrogens is 1250 g/mol. The molecule has 2 atom stereocenters. The fourth-order valence-electron chi connectivity index (χ4n) is 9.19. The van der Waals surface area contributed by atoms with Crippen LogP contribution in [0, 0.1) is 0 Å². The molecule has 9 nitrogen and oxygen atoms in total. The van der Waals surface area contributed by atoms with Gasteiger partial charge in [-0.05, 0) is 180 Å². The first-order valence-electron chi connectivity index (χ1n) is 38.5. The second kappa shape index (κ2) is 78.3. The average Bonchev–Trinajstić information content (AvgIpc) is 1.21. The fraction of sp³-hybridized carbons (Fsp3) is 0.489. The number of rotatable bonds is 67. The number of quaternary nitrogens is 1. The minimum atomic E-state index is -1.66. The largest absolute Gasteiger partial charge is 0.545 e. The van der Waals surface area contributed by atoms with Crippen LogP contribution in [0.25, 0.3) is 0 Å². The number of allylic oxidation sites excluding steroid dienone is 44. The SMILES string of the molecule is CC/C=C\C/C=C\C/C=C\C/C=C\C/C=C\C/C=C\C/C=C\C/C=C\C/C=C\C/C=C\C/C=C\CCCCCCCC(=O)OC(COC(=O)CCCCC/C=C\C/C=C\C/C=C\C/C=C\C/C=C\C/C=C\C/C=C\C/C=C\C/C=C\C/C=C\C/C=C\CC)COC(OCC[N+](C)(C)C)C(=O)[O-]. The predicted octanol–water partition coefficient (Wildman–Crippen LogP) is 23.8. The molecule has 0 saturated heterocycles. The third-order valence-corrected chi connectivity index (χ3v) is 15.0. The number of esters is 2. The molecule has 0 aliphatic carbocycles. The van der Waals surface area contributed by atoms with Gasteiger partial charge in [-0.25, -0.2) is 0 Å². The highest BCUT2D eigenvalue weighted by Gasteiger charge is 2.22. The molecule has 9 heteroatoms. The number of nitrogens with zero attached hydrogens (tertiary/aromatic N) is 1. The average molecular weight is 1390 g/mol. The number of unbranched alkanes of at least 4 members (excludes halogenated alkanes) is 8. The summed E-state index contributed by atoms with van der Waals surface area (Å²) in [5, 5.41) is 11.9. The number of likely N-dealkylation sites (N-methyl/N-ethyl adjacent to an activating group) is 1. The molecule has 0 aliphatic rings. The first-order chi connectivity index (χ1) is 49.6. The van der Waals surface area contributed by atoms with E-state index in [0.717, 1.165) is 193 Å². The smallest absolute Gasteiger partial charge is 0.306 e. The number of aliphatic carboxylic acids is 1.